The molecule has 0 fully saturated rings. The number of benzene rings is 1. The molecule has 158 valence electrons. The maximum absolute atomic E-state index is 12.0. The van der Waals surface area contributed by atoms with Crippen molar-refractivity contribution in [1.82, 2.24) is 10.6 Å². The van der Waals surface area contributed by atoms with E-state index in [1.54, 1.807) is 32.9 Å². The lowest BCUT2D eigenvalue weighted by molar-refractivity contribution is -0.149. The van der Waals surface area contributed by atoms with Gasteiger partial charge in [-0.1, -0.05) is 0 Å². The summed E-state index contributed by atoms with van der Waals surface area (Å²) in [6.07, 6.45) is 1.52. The molecule has 0 aromatic heterocycles. The maximum Gasteiger partial charge on any atom is 0.331 e. The number of hydrogen-bond donors (Lipinski definition) is 2. The molecule has 2 N–H and O–H groups in total. The molecule has 1 heterocycles. The van der Waals surface area contributed by atoms with Gasteiger partial charge < -0.3 is 24.3 Å². The number of carbonyl (C=O) groups excluding carboxylic acids is 3. The van der Waals surface area contributed by atoms with Crippen molar-refractivity contribution in [3.05, 3.63) is 23.8 Å². The lowest BCUT2D eigenvalue weighted by Gasteiger charge is -2.21. The second-order valence-electron chi connectivity index (χ2n) is 7.35. The lowest BCUT2D eigenvalue weighted by Crippen LogP contribution is -2.50. The molecule has 0 aliphatic carbocycles. The van der Waals surface area contributed by atoms with Crippen LogP contribution in [0, 0.1) is 0 Å². The van der Waals surface area contributed by atoms with Crippen LogP contribution in [0.15, 0.2) is 18.2 Å². The first-order chi connectivity index (χ1) is 13.6. The van der Waals surface area contributed by atoms with Gasteiger partial charge in [-0.05, 0) is 51.5 Å². The van der Waals surface area contributed by atoms with Crippen molar-refractivity contribution < 1.29 is 33.3 Å². The van der Waals surface area contributed by atoms with Crippen molar-refractivity contribution in [1.29, 1.82) is 0 Å². The van der Waals surface area contributed by atoms with Gasteiger partial charge in [0.15, 0.2) is 17.6 Å². The number of rotatable bonds is 5. The lowest BCUT2D eigenvalue weighted by atomic mass is 10.1. The number of carbonyl (C=O) groups is 3. The second-order valence-corrected chi connectivity index (χ2v) is 7.35. The first-order valence-corrected chi connectivity index (χ1v) is 9.08. The molecule has 0 saturated heterocycles. The van der Waals surface area contributed by atoms with E-state index in [-0.39, 0.29) is 0 Å². The Morgan fingerprint density at radius 2 is 1.86 bits per heavy atom. The Hall–Kier alpha value is -3.23. The van der Waals surface area contributed by atoms with Gasteiger partial charge in [0.2, 0.25) is 5.75 Å². The molecule has 0 bridgehead atoms. The molecule has 1 aromatic carbocycles. The Morgan fingerprint density at radius 3 is 2.52 bits per heavy atom. The zero-order valence-corrected chi connectivity index (χ0v) is 17.2. The standard InChI is InChI=1S/C20H26N2O7/c1-12(18(24)21-19(25)22-20(2,3)4)29-16(23)7-6-13-10-14(26-5)17-15(11-13)27-8-9-28-17/h6-7,10-12H,8-9H2,1-5H3,(H2,21,22,24,25)/b7-6+/t12-/m0/s1. The zero-order chi connectivity index (χ0) is 21.6. The molecule has 0 spiro atoms. The SMILES string of the molecule is COc1cc(/C=C/C(=O)O[C@@H](C)C(=O)NC(=O)NC(C)(C)C)cc2c1OCCO2. The molecule has 0 radical (unpaired) electrons. The Labute approximate surface area is 169 Å². The number of nitrogens with one attached hydrogen (secondary N) is 2. The third kappa shape index (κ3) is 6.70. The fraction of sp³-hybridized carbons (Fsp3) is 0.450. The van der Waals surface area contributed by atoms with E-state index in [9.17, 15) is 14.4 Å². The summed E-state index contributed by atoms with van der Waals surface area (Å²) in [5.41, 5.74) is 0.127. The first-order valence-electron chi connectivity index (χ1n) is 9.08. The molecule has 0 saturated carbocycles. The van der Waals surface area contributed by atoms with Crippen LogP contribution in [0.3, 0.4) is 0 Å². The van der Waals surface area contributed by atoms with Gasteiger partial charge in [-0.3, -0.25) is 10.1 Å². The number of fused-ring (bicyclic) bond motifs is 1. The highest BCUT2D eigenvalue weighted by atomic mass is 16.6. The molecular weight excluding hydrogens is 380 g/mol. The van der Waals surface area contributed by atoms with Crippen molar-refractivity contribution in [3.63, 3.8) is 0 Å². The van der Waals surface area contributed by atoms with Crippen LogP contribution in [-0.4, -0.2) is 49.9 Å². The highest BCUT2D eigenvalue weighted by Crippen LogP contribution is 2.40. The summed E-state index contributed by atoms with van der Waals surface area (Å²) in [5.74, 6) is 0.0404. The van der Waals surface area contributed by atoms with Gasteiger partial charge >= 0.3 is 12.0 Å². The van der Waals surface area contributed by atoms with Crippen LogP contribution in [0.5, 0.6) is 17.2 Å². The van der Waals surface area contributed by atoms with Gasteiger partial charge in [0.05, 0.1) is 7.11 Å². The summed E-state index contributed by atoms with van der Waals surface area (Å²) >= 11 is 0. The van der Waals surface area contributed by atoms with Crippen LogP contribution in [0.2, 0.25) is 0 Å². The largest absolute Gasteiger partial charge is 0.493 e. The van der Waals surface area contributed by atoms with E-state index in [4.69, 9.17) is 18.9 Å². The predicted octanol–water partition coefficient (Wildman–Crippen LogP) is 2.04. The van der Waals surface area contributed by atoms with Gasteiger partial charge in [-0.15, -0.1) is 0 Å². The summed E-state index contributed by atoms with van der Waals surface area (Å²) in [6.45, 7) is 7.55. The molecule has 29 heavy (non-hydrogen) atoms. The minimum absolute atomic E-state index is 0.417. The monoisotopic (exact) mass is 406 g/mol. The smallest absolute Gasteiger partial charge is 0.331 e. The topological polar surface area (TPSA) is 112 Å². The van der Waals surface area contributed by atoms with Crippen LogP contribution in [0.1, 0.15) is 33.3 Å². The zero-order valence-electron chi connectivity index (χ0n) is 17.2. The van der Waals surface area contributed by atoms with Crippen LogP contribution >= 0.6 is 0 Å². The van der Waals surface area contributed by atoms with Crippen molar-refractivity contribution in [2.24, 2.45) is 0 Å². The molecule has 1 aliphatic heterocycles. The summed E-state index contributed by atoms with van der Waals surface area (Å²) < 4.78 is 21.4. The van der Waals surface area contributed by atoms with Crippen LogP contribution < -0.4 is 24.8 Å². The van der Waals surface area contributed by atoms with E-state index in [2.05, 4.69) is 10.6 Å². The maximum atomic E-state index is 12.0. The van der Waals surface area contributed by atoms with Gasteiger partial charge in [0.25, 0.3) is 5.91 Å². The Kier molecular flexibility index (Phi) is 7.08. The third-order valence-electron chi connectivity index (χ3n) is 3.65. The molecule has 1 aromatic rings. The molecule has 9 heteroatoms. The number of hydrogen-bond acceptors (Lipinski definition) is 7. The van der Waals surface area contributed by atoms with E-state index in [0.717, 1.165) is 0 Å². The van der Waals surface area contributed by atoms with Crippen molar-refractivity contribution in [2.45, 2.75) is 39.3 Å². The molecule has 1 atom stereocenters. The average Bonchev–Trinajstić information content (AvgIpc) is 2.63. The average molecular weight is 406 g/mol. The number of amides is 3. The number of urea groups is 1. The minimum atomic E-state index is -1.15. The number of ether oxygens (including phenoxy) is 4. The molecule has 9 nitrogen and oxygen atoms in total. The van der Waals surface area contributed by atoms with Gasteiger partial charge in [0.1, 0.15) is 13.2 Å². The minimum Gasteiger partial charge on any atom is -0.493 e. The van der Waals surface area contributed by atoms with Crippen LogP contribution in [0.4, 0.5) is 4.79 Å². The quantitative estimate of drug-likeness (QED) is 0.568. The second kappa shape index (κ2) is 9.31. The van der Waals surface area contributed by atoms with E-state index in [1.165, 1.54) is 26.2 Å². The van der Waals surface area contributed by atoms with Crippen molar-refractivity contribution in [3.8, 4) is 17.2 Å². The van der Waals surface area contributed by atoms with Gasteiger partial charge in [-0.25, -0.2) is 9.59 Å². The van der Waals surface area contributed by atoms with E-state index in [0.29, 0.717) is 36.0 Å². The Morgan fingerprint density at radius 1 is 1.17 bits per heavy atom. The summed E-state index contributed by atoms with van der Waals surface area (Å²) in [4.78, 5) is 35.7. The van der Waals surface area contributed by atoms with Crippen molar-refractivity contribution in [2.75, 3.05) is 20.3 Å². The highest BCUT2D eigenvalue weighted by Gasteiger charge is 2.22. The predicted molar refractivity (Wildman–Crippen MR) is 105 cm³/mol. The fourth-order valence-electron chi connectivity index (χ4n) is 2.41. The highest BCUT2D eigenvalue weighted by molar-refractivity contribution is 5.98. The number of imide groups is 1. The summed E-state index contributed by atoms with van der Waals surface area (Å²) in [6, 6.07) is 2.72. The molecular formula is C20H26N2O7. The van der Waals surface area contributed by atoms with Gasteiger partial charge in [-0.2, -0.15) is 0 Å². The Balaban J connectivity index is 1.95. The number of methoxy groups -OCH3 is 1. The molecule has 1 aliphatic rings. The summed E-state index contributed by atoms with van der Waals surface area (Å²) in [7, 11) is 1.51. The van der Waals surface area contributed by atoms with E-state index >= 15 is 0 Å². The fourth-order valence-corrected chi connectivity index (χ4v) is 2.41. The van der Waals surface area contributed by atoms with Gasteiger partial charge in [0, 0.05) is 11.6 Å². The molecule has 3 amide bonds. The van der Waals surface area contributed by atoms with Crippen LogP contribution in [-0.2, 0) is 14.3 Å². The van der Waals surface area contributed by atoms with E-state index < -0.39 is 29.6 Å². The normalized spacial score (nSPS) is 14.1. The van der Waals surface area contributed by atoms with Crippen LogP contribution in [0.25, 0.3) is 6.08 Å². The van der Waals surface area contributed by atoms with E-state index in [1.807, 2.05) is 0 Å². The van der Waals surface area contributed by atoms with Crippen molar-refractivity contribution >= 4 is 24.0 Å². The molecule has 2 rings (SSSR count). The third-order valence-corrected chi connectivity index (χ3v) is 3.65. The molecule has 0 unspecified atom stereocenters. The number of esters is 1. The summed E-state index contributed by atoms with van der Waals surface area (Å²) in [5, 5.41) is 4.71. The Bertz CT molecular complexity index is 795. The first kappa shape index (κ1) is 22.1.